The molecule has 0 unspecified atom stereocenters. The van der Waals surface area contributed by atoms with E-state index in [1.54, 1.807) is 69.1 Å². The molecule has 2 aromatic carbocycles. The van der Waals surface area contributed by atoms with Gasteiger partial charge in [-0.25, -0.2) is 0 Å². The molecule has 31 heavy (non-hydrogen) atoms. The number of carbonyl (C=O) groups excluding carboxylic acids is 2. The second-order valence-electron chi connectivity index (χ2n) is 6.59. The molecule has 2 amide bonds. The van der Waals surface area contributed by atoms with Crippen molar-refractivity contribution >= 4 is 23.6 Å². The standard InChI is InChI=1S/C24H23N3O4/c1-30-21-13-17(14-22(15-21)31-2)6-7-23(28)26-16-18-4-3-5-20(12-18)27-24(29)19-8-10-25-11-9-19/h3-15H,16H2,1-2H3,(H,26,28)(H,27,29)/b7-6+. The highest BCUT2D eigenvalue weighted by molar-refractivity contribution is 6.04. The molecule has 0 aliphatic carbocycles. The summed E-state index contributed by atoms with van der Waals surface area (Å²) in [4.78, 5) is 28.4. The molecule has 3 rings (SSSR count). The lowest BCUT2D eigenvalue weighted by atomic mass is 10.1. The van der Waals surface area contributed by atoms with Gasteiger partial charge in [0.1, 0.15) is 11.5 Å². The van der Waals surface area contributed by atoms with Crippen LogP contribution in [-0.4, -0.2) is 31.0 Å². The Bertz CT molecular complexity index is 1060. The number of nitrogens with one attached hydrogen (secondary N) is 2. The molecular weight excluding hydrogens is 394 g/mol. The Morgan fingerprint density at radius 3 is 2.35 bits per heavy atom. The SMILES string of the molecule is COc1cc(/C=C/C(=O)NCc2cccc(NC(=O)c3ccncc3)c2)cc(OC)c1. The normalized spacial score (nSPS) is 10.5. The fourth-order valence-electron chi connectivity index (χ4n) is 2.81. The first kappa shape index (κ1) is 21.6. The fourth-order valence-corrected chi connectivity index (χ4v) is 2.81. The summed E-state index contributed by atoms with van der Waals surface area (Å²) in [6.07, 6.45) is 6.26. The summed E-state index contributed by atoms with van der Waals surface area (Å²) in [7, 11) is 3.14. The zero-order valence-electron chi connectivity index (χ0n) is 17.3. The van der Waals surface area contributed by atoms with Crippen molar-refractivity contribution in [2.24, 2.45) is 0 Å². The van der Waals surface area contributed by atoms with Crippen LogP contribution < -0.4 is 20.1 Å². The van der Waals surface area contributed by atoms with E-state index in [-0.39, 0.29) is 11.8 Å². The Morgan fingerprint density at radius 1 is 0.968 bits per heavy atom. The van der Waals surface area contributed by atoms with E-state index < -0.39 is 0 Å². The van der Waals surface area contributed by atoms with Crippen molar-refractivity contribution in [3.8, 4) is 11.5 Å². The molecule has 2 N–H and O–H groups in total. The van der Waals surface area contributed by atoms with Crippen LogP contribution in [0.3, 0.4) is 0 Å². The van der Waals surface area contributed by atoms with Crippen LogP contribution in [0.15, 0.2) is 73.1 Å². The van der Waals surface area contributed by atoms with Gasteiger partial charge in [-0.1, -0.05) is 12.1 Å². The Hall–Kier alpha value is -4.13. The van der Waals surface area contributed by atoms with Crippen molar-refractivity contribution in [2.75, 3.05) is 19.5 Å². The van der Waals surface area contributed by atoms with Crippen molar-refractivity contribution in [1.29, 1.82) is 0 Å². The maximum Gasteiger partial charge on any atom is 0.255 e. The molecule has 1 heterocycles. The minimum atomic E-state index is -0.243. The highest BCUT2D eigenvalue weighted by Crippen LogP contribution is 2.23. The summed E-state index contributed by atoms with van der Waals surface area (Å²) in [5.41, 5.74) is 2.81. The van der Waals surface area contributed by atoms with Crippen LogP contribution in [0.25, 0.3) is 6.08 Å². The number of pyridine rings is 1. The monoisotopic (exact) mass is 417 g/mol. The van der Waals surface area contributed by atoms with E-state index in [4.69, 9.17) is 9.47 Å². The molecule has 0 aliphatic rings. The van der Waals surface area contributed by atoms with Gasteiger partial charge >= 0.3 is 0 Å². The van der Waals surface area contributed by atoms with Crippen LogP contribution in [0.1, 0.15) is 21.5 Å². The molecule has 7 nitrogen and oxygen atoms in total. The van der Waals surface area contributed by atoms with E-state index in [9.17, 15) is 9.59 Å². The summed E-state index contributed by atoms with van der Waals surface area (Å²) < 4.78 is 10.5. The van der Waals surface area contributed by atoms with Crippen molar-refractivity contribution in [1.82, 2.24) is 10.3 Å². The number of benzene rings is 2. The van der Waals surface area contributed by atoms with Gasteiger partial charge in [-0.05, 0) is 53.6 Å². The number of rotatable bonds is 8. The van der Waals surface area contributed by atoms with E-state index in [1.807, 2.05) is 18.2 Å². The van der Waals surface area contributed by atoms with Crippen LogP contribution in [0.2, 0.25) is 0 Å². The molecule has 0 aliphatic heterocycles. The van der Waals surface area contributed by atoms with E-state index in [0.29, 0.717) is 29.3 Å². The van der Waals surface area contributed by atoms with E-state index >= 15 is 0 Å². The zero-order valence-corrected chi connectivity index (χ0v) is 17.3. The average Bonchev–Trinajstić information content (AvgIpc) is 2.82. The number of amides is 2. The summed E-state index contributed by atoms with van der Waals surface area (Å²) in [5.74, 6) is 0.823. The molecule has 7 heteroatoms. The summed E-state index contributed by atoms with van der Waals surface area (Å²) in [5, 5.41) is 5.67. The van der Waals surface area contributed by atoms with Crippen molar-refractivity contribution < 1.29 is 19.1 Å². The van der Waals surface area contributed by atoms with Gasteiger partial charge in [-0.3, -0.25) is 14.6 Å². The second-order valence-corrected chi connectivity index (χ2v) is 6.59. The molecule has 0 radical (unpaired) electrons. The Morgan fingerprint density at radius 2 is 1.68 bits per heavy atom. The number of nitrogens with zero attached hydrogens (tertiary/aromatic N) is 1. The van der Waals surface area contributed by atoms with Crippen LogP contribution in [0.5, 0.6) is 11.5 Å². The quantitative estimate of drug-likeness (QED) is 0.546. The second kappa shape index (κ2) is 10.6. The first-order chi connectivity index (χ1) is 15.1. The van der Waals surface area contributed by atoms with Crippen LogP contribution in [0, 0.1) is 0 Å². The Labute approximate surface area is 180 Å². The van der Waals surface area contributed by atoms with Crippen molar-refractivity contribution in [3.63, 3.8) is 0 Å². The van der Waals surface area contributed by atoms with Gasteiger partial charge in [0.25, 0.3) is 5.91 Å². The lowest BCUT2D eigenvalue weighted by molar-refractivity contribution is -0.116. The first-order valence-corrected chi connectivity index (χ1v) is 9.56. The molecule has 0 saturated carbocycles. The number of ether oxygens (including phenoxy) is 2. The number of methoxy groups -OCH3 is 2. The molecule has 1 aromatic heterocycles. The van der Waals surface area contributed by atoms with Crippen LogP contribution >= 0.6 is 0 Å². The lowest BCUT2D eigenvalue weighted by Gasteiger charge is -2.08. The predicted octanol–water partition coefficient (Wildman–Crippen LogP) is 3.68. The van der Waals surface area contributed by atoms with Gasteiger partial charge in [0.2, 0.25) is 5.91 Å². The highest BCUT2D eigenvalue weighted by Gasteiger charge is 2.06. The third kappa shape index (κ3) is 6.43. The molecule has 158 valence electrons. The molecule has 0 saturated heterocycles. The minimum absolute atomic E-state index is 0.222. The minimum Gasteiger partial charge on any atom is -0.497 e. The van der Waals surface area contributed by atoms with Crippen LogP contribution in [0.4, 0.5) is 5.69 Å². The van der Waals surface area contributed by atoms with Gasteiger partial charge in [-0.2, -0.15) is 0 Å². The number of aromatic nitrogens is 1. The first-order valence-electron chi connectivity index (χ1n) is 9.56. The van der Waals surface area contributed by atoms with E-state index in [1.165, 1.54) is 6.08 Å². The molecule has 0 bridgehead atoms. The molecular formula is C24H23N3O4. The zero-order chi connectivity index (χ0) is 22.1. The topological polar surface area (TPSA) is 89.6 Å². The summed E-state index contributed by atoms with van der Waals surface area (Å²) in [6.45, 7) is 0.323. The Kier molecular flexibility index (Phi) is 7.37. The van der Waals surface area contributed by atoms with Gasteiger partial charge in [0, 0.05) is 42.3 Å². The fraction of sp³-hybridized carbons (Fsp3) is 0.125. The molecule has 0 fully saturated rings. The number of carbonyl (C=O) groups is 2. The number of anilines is 1. The van der Waals surface area contributed by atoms with Gasteiger partial charge in [0.05, 0.1) is 14.2 Å². The van der Waals surface area contributed by atoms with Crippen molar-refractivity contribution in [2.45, 2.75) is 6.54 Å². The Balaban J connectivity index is 1.57. The van der Waals surface area contributed by atoms with Gasteiger partial charge < -0.3 is 20.1 Å². The summed E-state index contributed by atoms with van der Waals surface area (Å²) >= 11 is 0. The largest absolute Gasteiger partial charge is 0.497 e. The van der Waals surface area contributed by atoms with Crippen molar-refractivity contribution in [3.05, 3.63) is 89.8 Å². The van der Waals surface area contributed by atoms with Gasteiger partial charge in [-0.15, -0.1) is 0 Å². The average molecular weight is 417 g/mol. The highest BCUT2D eigenvalue weighted by atomic mass is 16.5. The molecule has 3 aromatic rings. The third-order valence-electron chi connectivity index (χ3n) is 4.40. The smallest absolute Gasteiger partial charge is 0.255 e. The van der Waals surface area contributed by atoms with E-state index in [0.717, 1.165) is 11.1 Å². The van der Waals surface area contributed by atoms with Crippen LogP contribution in [-0.2, 0) is 11.3 Å². The third-order valence-corrected chi connectivity index (χ3v) is 4.40. The summed E-state index contributed by atoms with van der Waals surface area (Å²) in [6, 6.07) is 16.0. The predicted molar refractivity (Wildman–Crippen MR) is 119 cm³/mol. The van der Waals surface area contributed by atoms with Gasteiger partial charge in [0.15, 0.2) is 0 Å². The maximum absolute atomic E-state index is 12.3. The number of hydrogen-bond donors (Lipinski definition) is 2. The number of hydrogen-bond acceptors (Lipinski definition) is 5. The molecule has 0 atom stereocenters. The van der Waals surface area contributed by atoms with E-state index in [2.05, 4.69) is 15.6 Å². The lowest BCUT2D eigenvalue weighted by Crippen LogP contribution is -2.20. The maximum atomic E-state index is 12.3. The molecule has 0 spiro atoms.